The zero-order chi connectivity index (χ0) is 25.2. The summed E-state index contributed by atoms with van der Waals surface area (Å²) < 4.78 is 11.0. The number of amides is 2. The van der Waals surface area contributed by atoms with Crippen molar-refractivity contribution in [3.63, 3.8) is 0 Å². The number of hydrogen-bond donors (Lipinski definition) is 2. The van der Waals surface area contributed by atoms with Crippen molar-refractivity contribution in [3.8, 4) is 11.5 Å². The lowest BCUT2D eigenvalue weighted by Gasteiger charge is -2.13. The van der Waals surface area contributed by atoms with E-state index in [0.717, 1.165) is 5.56 Å². The molecule has 3 aromatic carbocycles. The van der Waals surface area contributed by atoms with Gasteiger partial charge in [-0.3, -0.25) is 19.7 Å². The summed E-state index contributed by atoms with van der Waals surface area (Å²) in [5.74, 6) is -0.243. The molecule has 0 aliphatic heterocycles. The van der Waals surface area contributed by atoms with Crippen LogP contribution < -0.4 is 20.2 Å². The molecule has 2 amide bonds. The van der Waals surface area contributed by atoms with Crippen LogP contribution >= 0.6 is 0 Å². The van der Waals surface area contributed by atoms with Crippen LogP contribution in [0.2, 0.25) is 0 Å². The van der Waals surface area contributed by atoms with Crippen molar-refractivity contribution < 1.29 is 24.0 Å². The molecule has 3 rings (SSSR count). The highest BCUT2D eigenvalue weighted by atomic mass is 16.6. The van der Waals surface area contributed by atoms with Gasteiger partial charge in [0, 0.05) is 22.9 Å². The van der Waals surface area contributed by atoms with Crippen molar-refractivity contribution in [1.29, 1.82) is 0 Å². The Balaban J connectivity index is 1.64. The molecule has 0 fully saturated rings. The molecule has 0 unspecified atom stereocenters. The number of nitro benzene ring substituents is 1. The van der Waals surface area contributed by atoms with Gasteiger partial charge in [-0.15, -0.1) is 0 Å². The molecule has 10 heteroatoms. The third kappa shape index (κ3) is 7.13. The normalized spacial score (nSPS) is 10.6. The third-order valence-electron chi connectivity index (χ3n) is 4.84. The molecule has 0 saturated carbocycles. The second kappa shape index (κ2) is 11.9. The van der Waals surface area contributed by atoms with E-state index in [2.05, 4.69) is 15.8 Å². The molecule has 0 bridgehead atoms. The first kappa shape index (κ1) is 24.9. The Kier molecular flexibility index (Phi) is 8.49. The molecule has 3 aromatic rings. The minimum absolute atomic E-state index is 0.140. The van der Waals surface area contributed by atoms with E-state index < -0.39 is 10.8 Å². The number of nitrogens with one attached hydrogen (secondary N) is 2. The molecule has 10 nitrogen and oxygen atoms in total. The molecule has 35 heavy (non-hydrogen) atoms. The summed E-state index contributed by atoms with van der Waals surface area (Å²) in [7, 11) is 1.46. The van der Waals surface area contributed by atoms with Crippen LogP contribution in [0.3, 0.4) is 0 Å². The van der Waals surface area contributed by atoms with Gasteiger partial charge in [0.15, 0.2) is 18.1 Å². The molecular formula is C25H24N4O6. The summed E-state index contributed by atoms with van der Waals surface area (Å²) >= 11 is 0. The van der Waals surface area contributed by atoms with Crippen molar-refractivity contribution >= 4 is 29.4 Å². The van der Waals surface area contributed by atoms with Crippen LogP contribution in [0, 0.1) is 17.0 Å². The fourth-order valence-corrected chi connectivity index (χ4v) is 3.15. The van der Waals surface area contributed by atoms with Crippen molar-refractivity contribution in [3.05, 3.63) is 93.5 Å². The Bertz CT molecular complexity index is 1240. The lowest BCUT2D eigenvalue weighted by molar-refractivity contribution is -0.385. The first-order valence-corrected chi connectivity index (χ1v) is 10.6. The van der Waals surface area contributed by atoms with Gasteiger partial charge in [-0.1, -0.05) is 42.0 Å². The predicted molar refractivity (Wildman–Crippen MR) is 131 cm³/mol. The largest absolute Gasteiger partial charge is 0.493 e. The summed E-state index contributed by atoms with van der Waals surface area (Å²) in [6.07, 6.45) is 1.13. The number of ether oxygens (including phenoxy) is 2. The van der Waals surface area contributed by atoms with Gasteiger partial charge in [-0.05, 0) is 31.2 Å². The molecule has 0 saturated heterocycles. The standard InChI is InChI=1S/C25H24N4O6/c1-17-10-12-20(13-11-17)27-24(31)16-35-25-19(7-5-9-22(25)34-2)15-26-28-23(30)14-18-6-3-4-8-21(18)29(32)33/h3-13,15H,14,16H2,1-2H3,(H,27,31)(H,28,30)/b26-15+. The van der Waals surface area contributed by atoms with Crippen LogP contribution in [-0.4, -0.2) is 36.7 Å². The lowest BCUT2D eigenvalue weighted by Crippen LogP contribution is -2.21. The van der Waals surface area contributed by atoms with Crippen LogP contribution in [0.25, 0.3) is 0 Å². The summed E-state index contributed by atoms with van der Waals surface area (Å²) in [4.78, 5) is 35.1. The molecule has 0 spiro atoms. The molecule has 0 atom stereocenters. The fourth-order valence-electron chi connectivity index (χ4n) is 3.15. The molecular weight excluding hydrogens is 452 g/mol. The number of nitro groups is 1. The van der Waals surface area contributed by atoms with E-state index in [-0.39, 0.29) is 35.9 Å². The van der Waals surface area contributed by atoms with Gasteiger partial charge in [0.05, 0.1) is 24.7 Å². The van der Waals surface area contributed by atoms with E-state index in [9.17, 15) is 19.7 Å². The number of carbonyl (C=O) groups excluding carboxylic acids is 2. The number of carbonyl (C=O) groups is 2. The predicted octanol–water partition coefficient (Wildman–Crippen LogP) is 3.62. The summed E-state index contributed by atoms with van der Waals surface area (Å²) in [5, 5.41) is 17.8. The topological polar surface area (TPSA) is 132 Å². The monoisotopic (exact) mass is 476 g/mol. The van der Waals surface area contributed by atoms with Crippen molar-refractivity contribution in [1.82, 2.24) is 5.43 Å². The average Bonchev–Trinajstić information content (AvgIpc) is 2.84. The summed E-state index contributed by atoms with van der Waals surface area (Å²) in [6.45, 7) is 1.67. The highest BCUT2D eigenvalue weighted by molar-refractivity contribution is 5.92. The first-order chi connectivity index (χ1) is 16.9. The number of anilines is 1. The van der Waals surface area contributed by atoms with E-state index in [1.807, 2.05) is 19.1 Å². The molecule has 0 radical (unpaired) electrons. The van der Waals surface area contributed by atoms with Gasteiger partial charge in [-0.25, -0.2) is 5.43 Å². The number of benzene rings is 3. The average molecular weight is 476 g/mol. The molecule has 2 N–H and O–H groups in total. The van der Waals surface area contributed by atoms with Gasteiger partial charge in [0.1, 0.15) is 0 Å². The number of para-hydroxylation sites is 2. The number of hydrazone groups is 1. The lowest BCUT2D eigenvalue weighted by atomic mass is 10.1. The Labute approximate surface area is 201 Å². The summed E-state index contributed by atoms with van der Waals surface area (Å²) in [5.41, 5.74) is 4.66. The van der Waals surface area contributed by atoms with Crippen molar-refractivity contribution in [2.75, 3.05) is 19.0 Å². The number of methoxy groups -OCH3 is 1. The van der Waals surface area contributed by atoms with E-state index in [4.69, 9.17) is 9.47 Å². The van der Waals surface area contributed by atoms with E-state index in [0.29, 0.717) is 17.0 Å². The van der Waals surface area contributed by atoms with Gasteiger partial charge in [-0.2, -0.15) is 5.10 Å². The highest BCUT2D eigenvalue weighted by Crippen LogP contribution is 2.30. The number of aryl methyl sites for hydroxylation is 1. The van der Waals surface area contributed by atoms with E-state index in [1.54, 1.807) is 36.4 Å². The maximum Gasteiger partial charge on any atom is 0.273 e. The Morgan fingerprint density at radius 1 is 1.03 bits per heavy atom. The van der Waals surface area contributed by atoms with Crippen LogP contribution in [0.15, 0.2) is 71.8 Å². The molecule has 0 aliphatic carbocycles. The molecule has 0 aliphatic rings. The van der Waals surface area contributed by atoms with Gasteiger partial charge < -0.3 is 14.8 Å². The Morgan fingerprint density at radius 2 is 1.77 bits per heavy atom. The zero-order valence-corrected chi connectivity index (χ0v) is 19.2. The number of rotatable bonds is 10. The smallest absolute Gasteiger partial charge is 0.273 e. The van der Waals surface area contributed by atoms with Crippen LogP contribution in [0.1, 0.15) is 16.7 Å². The maximum absolute atomic E-state index is 12.3. The van der Waals surface area contributed by atoms with Gasteiger partial charge >= 0.3 is 0 Å². The summed E-state index contributed by atoms with van der Waals surface area (Å²) in [6, 6.07) is 18.4. The van der Waals surface area contributed by atoms with E-state index in [1.165, 1.54) is 31.5 Å². The minimum Gasteiger partial charge on any atom is -0.493 e. The molecule has 0 heterocycles. The second-order valence-corrected chi connectivity index (χ2v) is 7.44. The SMILES string of the molecule is COc1cccc(/C=N/NC(=O)Cc2ccccc2[N+](=O)[O-])c1OCC(=O)Nc1ccc(C)cc1. The minimum atomic E-state index is -0.541. The quantitative estimate of drug-likeness (QED) is 0.261. The molecule has 0 aromatic heterocycles. The number of hydrogen-bond acceptors (Lipinski definition) is 7. The second-order valence-electron chi connectivity index (χ2n) is 7.44. The van der Waals surface area contributed by atoms with Crippen LogP contribution in [0.4, 0.5) is 11.4 Å². The van der Waals surface area contributed by atoms with E-state index >= 15 is 0 Å². The van der Waals surface area contributed by atoms with Crippen molar-refractivity contribution in [2.45, 2.75) is 13.3 Å². The number of nitrogens with zero attached hydrogens (tertiary/aromatic N) is 2. The maximum atomic E-state index is 12.3. The fraction of sp³-hybridized carbons (Fsp3) is 0.160. The third-order valence-corrected chi connectivity index (χ3v) is 4.84. The first-order valence-electron chi connectivity index (χ1n) is 10.6. The van der Waals surface area contributed by atoms with Gasteiger partial charge in [0.25, 0.3) is 11.6 Å². The Hall–Kier alpha value is -4.73. The highest BCUT2D eigenvalue weighted by Gasteiger charge is 2.15. The molecule has 180 valence electrons. The Morgan fingerprint density at radius 3 is 2.49 bits per heavy atom. The van der Waals surface area contributed by atoms with Crippen LogP contribution in [-0.2, 0) is 16.0 Å². The van der Waals surface area contributed by atoms with Crippen molar-refractivity contribution in [2.24, 2.45) is 5.10 Å². The van der Waals surface area contributed by atoms with Gasteiger partial charge in [0.2, 0.25) is 5.91 Å². The zero-order valence-electron chi connectivity index (χ0n) is 19.2. The van der Waals surface area contributed by atoms with Crippen LogP contribution in [0.5, 0.6) is 11.5 Å².